The van der Waals surface area contributed by atoms with E-state index in [0.29, 0.717) is 0 Å². The van der Waals surface area contributed by atoms with Crippen molar-refractivity contribution in [3.63, 3.8) is 0 Å². The lowest BCUT2D eigenvalue weighted by atomic mass is 10.2. The minimum absolute atomic E-state index is 0.475. The van der Waals surface area contributed by atoms with Crippen LogP contribution < -0.4 is 0 Å². The van der Waals surface area contributed by atoms with Crippen LogP contribution >= 0.6 is 0 Å². The van der Waals surface area contributed by atoms with Crippen molar-refractivity contribution in [1.29, 1.82) is 0 Å². The molecule has 0 atom stereocenters. The maximum Gasteiger partial charge on any atom is 0.407 e. The number of alkyl halides is 5. The fraction of sp³-hybridized carbons (Fsp3) is 0.833. The van der Waals surface area contributed by atoms with Gasteiger partial charge in [0.2, 0.25) is 0 Å². The Kier molecular flexibility index (Phi) is 3.62. The van der Waals surface area contributed by atoms with E-state index in [4.69, 9.17) is 0 Å². The van der Waals surface area contributed by atoms with E-state index in [1.807, 2.05) is 0 Å². The number of carbonyl (C=O) groups excluding carboxylic acids is 1. The predicted molar refractivity (Wildman–Crippen MR) is 32.5 cm³/mol. The zero-order chi connectivity index (χ0) is 10.7. The molecular weight excluding hydrogens is 199 g/mol. The second-order valence-electron chi connectivity index (χ2n) is 2.13. The fourth-order valence-electron chi connectivity index (χ4n) is 0.455. The third kappa shape index (κ3) is 2.28. The van der Waals surface area contributed by atoms with Crippen LogP contribution in [0.1, 0.15) is 6.92 Å². The zero-order valence-electron chi connectivity index (χ0n) is 6.62. The van der Waals surface area contributed by atoms with Crippen molar-refractivity contribution in [2.45, 2.75) is 18.8 Å². The molecule has 0 aliphatic heterocycles. The molecule has 0 radical (unpaired) electrons. The summed E-state index contributed by atoms with van der Waals surface area (Å²) in [6.07, 6.45) is 0. The van der Waals surface area contributed by atoms with Gasteiger partial charge in [0.1, 0.15) is 0 Å². The number of ether oxygens (including phenoxy) is 1. The number of halogens is 5. The molecule has 78 valence electrons. The minimum Gasteiger partial charge on any atom is -0.461 e. The third-order valence-electron chi connectivity index (χ3n) is 1.16. The van der Waals surface area contributed by atoms with E-state index >= 15 is 0 Å². The molecular formula is C6H7F5O2. The van der Waals surface area contributed by atoms with Crippen molar-refractivity contribution in [3.05, 3.63) is 0 Å². The van der Waals surface area contributed by atoms with Crippen LogP contribution in [-0.2, 0) is 9.53 Å². The van der Waals surface area contributed by atoms with E-state index in [9.17, 15) is 26.7 Å². The first-order chi connectivity index (χ1) is 5.79. The molecule has 0 aromatic carbocycles. The number of hydrogen-bond donors (Lipinski definition) is 0. The molecule has 0 aromatic rings. The third-order valence-corrected chi connectivity index (χ3v) is 1.16. The monoisotopic (exact) mass is 206 g/mol. The Morgan fingerprint density at radius 3 is 2.08 bits per heavy atom. The summed E-state index contributed by atoms with van der Waals surface area (Å²) in [7, 11) is 0. The average molecular weight is 206 g/mol. The molecule has 0 saturated heterocycles. The van der Waals surface area contributed by atoms with Crippen molar-refractivity contribution in [1.82, 2.24) is 0 Å². The number of hydrogen-bond acceptors (Lipinski definition) is 2. The summed E-state index contributed by atoms with van der Waals surface area (Å²) < 4.78 is 63.9. The van der Waals surface area contributed by atoms with Gasteiger partial charge in [0.15, 0.2) is 6.67 Å². The molecule has 0 fully saturated rings. The van der Waals surface area contributed by atoms with Crippen LogP contribution in [0.3, 0.4) is 0 Å². The average Bonchev–Trinajstić information content (AvgIpc) is 2.04. The van der Waals surface area contributed by atoms with E-state index in [1.54, 1.807) is 0 Å². The molecule has 0 heterocycles. The van der Waals surface area contributed by atoms with Crippen LogP contribution in [0.15, 0.2) is 0 Å². The molecule has 2 nitrogen and oxygen atoms in total. The molecule has 0 rings (SSSR count). The summed E-state index contributed by atoms with van der Waals surface area (Å²) in [6, 6.07) is 0. The van der Waals surface area contributed by atoms with Crippen LogP contribution in [0.5, 0.6) is 0 Å². The molecule has 0 aromatic heterocycles. The van der Waals surface area contributed by atoms with Crippen molar-refractivity contribution >= 4 is 5.97 Å². The lowest BCUT2D eigenvalue weighted by molar-refractivity contribution is -0.231. The molecule has 0 saturated carbocycles. The van der Waals surface area contributed by atoms with Crippen LogP contribution in [0.4, 0.5) is 22.0 Å². The second-order valence-corrected chi connectivity index (χ2v) is 2.13. The van der Waals surface area contributed by atoms with Crippen molar-refractivity contribution in [3.8, 4) is 0 Å². The van der Waals surface area contributed by atoms with Gasteiger partial charge in [-0.3, -0.25) is 0 Å². The summed E-state index contributed by atoms with van der Waals surface area (Å²) >= 11 is 0. The van der Waals surface area contributed by atoms with Gasteiger partial charge in [0.05, 0.1) is 6.61 Å². The normalized spacial score (nSPS) is 12.8. The first kappa shape index (κ1) is 12.1. The Morgan fingerprint density at radius 2 is 1.77 bits per heavy atom. The molecule has 0 aliphatic carbocycles. The molecule has 0 spiro atoms. The highest BCUT2D eigenvalue weighted by Crippen LogP contribution is 2.35. The molecule has 0 unspecified atom stereocenters. The SMILES string of the molecule is CCOC(=O)C(F)(F)C(F)(F)CF. The van der Waals surface area contributed by atoms with Crippen molar-refractivity contribution < 1.29 is 31.5 Å². The van der Waals surface area contributed by atoms with E-state index in [1.165, 1.54) is 6.92 Å². The summed E-state index contributed by atoms with van der Waals surface area (Å²) in [4.78, 5) is 10.3. The highest BCUT2D eigenvalue weighted by molar-refractivity contribution is 5.78. The van der Waals surface area contributed by atoms with Gasteiger partial charge in [-0.15, -0.1) is 0 Å². The minimum atomic E-state index is -5.11. The van der Waals surface area contributed by atoms with E-state index < -0.39 is 31.1 Å². The molecule has 0 amide bonds. The predicted octanol–water partition coefficient (Wildman–Crippen LogP) is 1.79. The quantitative estimate of drug-likeness (QED) is 0.517. The van der Waals surface area contributed by atoms with Gasteiger partial charge in [-0.2, -0.15) is 17.6 Å². The lowest BCUT2D eigenvalue weighted by Crippen LogP contribution is -2.49. The topological polar surface area (TPSA) is 26.3 Å². The number of carbonyl (C=O) groups is 1. The van der Waals surface area contributed by atoms with Crippen molar-refractivity contribution in [2.75, 3.05) is 13.3 Å². The van der Waals surface area contributed by atoms with Gasteiger partial charge in [-0.1, -0.05) is 0 Å². The Hall–Kier alpha value is -0.880. The van der Waals surface area contributed by atoms with Gasteiger partial charge >= 0.3 is 17.8 Å². The highest BCUT2D eigenvalue weighted by atomic mass is 19.3. The van der Waals surface area contributed by atoms with Crippen molar-refractivity contribution in [2.24, 2.45) is 0 Å². The molecule has 7 heteroatoms. The molecule has 0 aliphatic rings. The lowest BCUT2D eigenvalue weighted by Gasteiger charge is -2.21. The summed E-state index contributed by atoms with van der Waals surface area (Å²) in [5, 5.41) is 0. The molecule has 0 N–H and O–H groups in total. The van der Waals surface area contributed by atoms with Crippen LogP contribution in [0.25, 0.3) is 0 Å². The highest BCUT2D eigenvalue weighted by Gasteiger charge is 2.63. The van der Waals surface area contributed by atoms with Gasteiger partial charge in [0.25, 0.3) is 0 Å². The fourth-order valence-corrected chi connectivity index (χ4v) is 0.455. The number of esters is 1. The Bertz CT molecular complexity index is 191. The van der Waals surface area contributed by atoms with Gasteiger partial charge in [-0.05, 0) is 6.92 Å². The van der Waals surface area contributed by atoms with Gasteiger partial charge in [-0.25, -0.2) is 9.18 Å². The van der Waals surface area contributed by atoms with Gasteiger partial charge in [0, 0.05) is 0 Å². The van der Waals surface area contributed by atoms with Crippen LogP contribution in [0.2, 0.25) is 0 Å². The van der Waals surface area contributed by atoms with E-state index in [2.05, 4.69) is 4.74 Å². The Labute approximate surface area is 70.7 Å². The Morgan fingerprint density at radius 1 is 1.31 bits per heavy atom. The van der Waals surface area contributed by atoms with Crippen LogP contribution in [0, 0.1) is 0 Å². The zero-order valence-corrected chi connectivity index (χ0v) is 6.62. The smallest absolute Gasteiger partial charge is 0.407 e. The first-order valence-electron chi connectivity index (χ1n) is 3.28. The standard InChI is InChI=1S/C6H7F5O2/c1-2-13-4(12)6(10,11)5(8,9)3-7/h2-3H2,1H3. The first-order valence-corrected chi connectivity index (χ1v) is 3.28. The molecule has 13 heavy (non-hydrogen) atoms. The van der Waals surface area contributed by atoms with Gasteiger partial charge < -0.3 is 4.74 Å². The van der Waals surface area contributed by atoms with Crippen LogP contribution in [-0.4, -0.2) is 31.1 Å². The summed E-state index contributed by atoms with van der Waals surface area (Å²) in [6.45, 7) is -1.92. The van der Waals surface area contributed by atoms with E-state index in [-0.39, 0.29) is 0 Å². The van der Waals surface area contributed by atoms with E-state index in [0.717, 1.165) is 0 Å². The maximum absolute atomic E-state index is 12.3. The maximum atomic E-state index is 12.3. The second kappa shape index (κ2) is 3.89. The largest absolute Gasteiger partial charge is 0.461 e. The number of rotatable bonds is 4. The molecule has 0 bridgehead atoms. The summed E-state index contributed by atoms with van der Waals surface area (Å²) in [5.41, 5.74) is 0. The summed E-state index contributed by atoms with van der Waals surface area (Å²) in [5.74, 6) is -12.5. The Balaban J connectivity index is 4.64.